The number of aromatic nitrogens is 2. The fourth-order valence-corrected chi connectivity index (χ4v) is 1.62. The number of anilines is 1. The number of carboxylic acids is 1. The van der Waals surface area contributed by atoms with Gasteiger partial charge >= 0.3 is 5.97 Å². The van der Waals surface area contributed by atoms with Crippen molar-refractivity contribution in [1.82, 2.24) is 9.97 Å². The molecule has 0 aliphatic rings. The number of rotatable bonds is 4. The minimum atomic E-state index is -1.06. The molecule has 0 aliphatic heterocycles. The molecule has 2 N–H and O–H groups in total. The topological polar surface area (TPSA) is 88.2 Å². The van der Waals surface area contributed by atoms with Crippen LogP contribution in [0.3, 0.4) is 0 Å². The molecule has 0 atom stereocenters. The maximum atomic E-state index is 11.2. The van der Waals surface area contributed by atoms with Crippen molar-refractivity contribution in [3.63, 3.8) is 0 Å². The normalized spacial score (nSPS) is 11.3. The van der Waals surface area contributed by atoms with E-state index in [0.717, 1.165) is 0 Å². The Balaban J connectivity index is 2.29. The zero-order valence-corrected chi connectivity index (χ0v) is 11.7. The van der Waals surface area contributed by atoms with Gasteiger partial charge in [-0.25, -0.2) is 14.8 Å². The number of aromatic carboxylic acids is 1. The molecule has 0 saturated carbocycles. The second kappa shape index (κ2) is 5.32. The molecule has 0 saturated heterocycles. The van der Waals surface area contributed by atoms with Crippen LogP contribution in [0.4, 0.5) is 5.82 Å². The molecule has 0 aliphatic carbocycles. The summed E-state index contributed by atoms with van der Waals surface area (Å²) in [6.07, 6.45) is 2.90. The zero-order chi connectivity index (χ0) is 14.8. The Kier molecular flexibility index (Phi) is 3.74. The molecule has 0 fully saturated rings. The number of hydrogen-bond donors (Lipinski definition) is 2. The molecule has 0 radical (unpaired) electrons. The van der Waals surface area contributed by atoms with Gasteiger partial charge in [0.05, 0.1) is 12.8 Å². The summed E-state index contributed by atoms with van der Waals surface area (Å²) in [5, 5.41) is 12.2. The first-order chi connectivity index (χ1) is 9.38. The predicted molar refractivity (Wildman–Crippen MR) is 73.7 cm³/mol. The van der Waals surface area contributed by atoms with Crippen LogP contribution in [0, 0.1) is 0 Å². The molecular formula is C14H17N3O3. The van der Waals surface area contributed by atoms with Crippen molar-refractivity contribution in [3.05, 3.63) is 41.7 Å². The minimum Gasteiger partial charge on any atom is -0.477 e. The Labute approximate surface area is 116 Å². The minimum absolute atomic E-state index is 0.0459. The Morgan fingerprint density at radius 2 is 2.20 bits per heavy atom. The molecular weight excluding hydrogens is 258 g/mol. The van der Waals surface area contributed by atoms with Crippen LogP contribution in [0.1, 0.15) is 42.7 Å². The van der Waals surface area contributed by atoms with Crippen LogP contribution in [0.25, 0.3) is 0 Å². The highest BCUT2D eigenvalue weighted by Crippen LogP contribution is 2.21. The largest absolute Gasteiger partial charge is 0.477 e. The van der Waals surface area contributed by atoms with Crippen LogP contribution in [0.5, 0.6) is 0 Å². The zero-order valence-electron chi connectivity index (χ0n) is 11.7. The Hall–Kier alpha value is -2.37. The number of carbonyl (C=O) groups is 1. The Morgan fingerprint density at radius 3 is 2.75 bits per heavy atom. The number of nitrogens with one attached hydrogen (secondary N) is 1. The molecule has 2 rings (SSSR count). The third kappa shape index (κ3) is 3.14. The van der Waals surface area contributed by atoms with E-state index in [1.807, 2.05) is 20.8 Å². The van der Waals surface area contributed by atoms with E-state index in [-0.39, 0.29) is 11.0 Å². The fourth-order valence-electron chi connectivity index (χ4n) is 1.62. The summed E-state index contributed by atoms with van der Waals surface area (Å²) in [6.45, 7) is 6.28. The fraction of sp³-hybridized carbons (Fsp3) is 0.357. The maximum Gasteiger partial charge on any atom is 0.341 e. The molecule has 6 nitrogen and oxygen atoms in total. The molecule has 0 spiro atoms. The van der Waals surface area contributed by atoms with Crippen LogP contribution >= 0.6 is 0 Å². The third-order valence-corrected chi connectivity index (χ3v) is 2.70. The third-order valence-electron chi connectivity index (χ3n) is 2.70. The SMILES string of the molecule is CC(C)(C)c1ncc(C(=O)O)c(NCc2ccco2)n1. The van der Waals surface area contributed by atoms with Crippen LogP contribution in [0.15, 0.2) is 29.0 Å². The van der Waals surface area contributed by atoms with Crippen molar-refractivity contribution in [3.8, 4) is 0 Å². The monoisotopic (exact) mass is 275 g/mol. The molecule has 0 unspecified atom stereocenters. The van der Waals surface area contributed by atoms with E-state index in [1.54, 1.807) is 18.4 Å². The van der Waals surface area contributed by atoms with E-state index in [9.17, 15) is 9.90 Å². The van der Waals surface area contributed by atoms with Gasteiger partial charge in [0.1, 0.15) is 23.0 Å². The summed E-state index contributed by atoms with van der Waals surface area (Å²) in [5.74, 6) is 0.530. The van der Waals surface area contributed by atoms with Gasteiger partial charge in [-0.2, -0.15) is 0 Å². The van der Waals surface area contributed by atoms with E-state index in [1.165, 1.54) is 6.20 Å². The second-order valence-corrected chi connectivity index (χ2v) is 5.44. The van der Waals surface area contributed by atoms with Crippen molar-refractivity contribution in [2.75, 3.05) is 5.32 Å². The van der Waals surface area contributed by atoms with Crippen LogP contribution in [-0.4, -0.2) is 21.0 Å². The van der Waals surface area contributed by atoms with E-state index in [4.69, 9.17) is 4.42 Å². The molecule has 20 heavy (non-hydrogen) atoms. The molecule has 2 aromatic heterocycles. The molecule has 2 aromatic rings. The lowest BCUT2D eigenvalue weighted by molar-refractivity contribution is 0.0697. The Morgan fingerprint density at radius 1 is 1.45 bits per heavy atom. The molecule has 2 heterocycles. The number of carboxylic acid groups (broad SMARTS) is 1. The standard InChI is InChI=1S/C14H17N3O3/c1-14(2,3)13-16-8-10(12(18)19)11(17-13)15-7-9-5-4-6-20-9/h4-6,8H,7H2,1-3H3,(H,18,19)(H,15,16,17). The van der Waals surface area contributed by atoms with E-state index < -0.39 is 5.97 Å². The first kappa shape index (κ1) is 14.0. The van der Waals surface area contributed by atoms with Gasteiger partial charge in [0.25, 0.3) is 0 Å². The van der Waals surface area contributed by atoms with Gasteiger partial charge in [0.2, 0.25) is 0 Å². The first-order valence-electron chi connectivity index (χ1n) is 6.25. The number of furan rings is 1. The maximum absolute atomic E-state index is 11.2. The van der Waals surface area contributed by atoms with Gasteiger partial charge in [-0.15, -0.1) is 0 Å². The van der Waals surface area contributed by atoms with Gasteiger partial charge in [-0.1, -0.05) is 20.8 Å². The van der Waals surface area contributed by atoms with Gasteiger partial charge in [-0.3, -0.25) is 0 Å². The highest BCUT2D eigenvalue weighted by atomic mass is 16.4. The quantitative estimate of drug-likeness (QED) is 0.891. The van der Waals surface area contributed by atoms with Gasteiger partial charge < -0.3 is 14.8 Å². The predicted octanol–water partition coefficient (Wildman–Crippen LogP) is 2.68. The molecule has 6 heteroatoms. The lowest BCUT2D eigenvalue weighted by Crippen LogP contribution is -2.19. The van der Waals surface area contributed by atoms with Crippen molar-refractivity contribution in [1.29, 1.82) is 0 Å². The molecule has 0 aromatic carbocycles. The molecule has 0 bridgehead atoms. The van der Waals surface area contributed by atoms with Crippen molar-refractivity contribution < 1.29 is 14.3 Å². The van der Waals surface area contributed by atoms with Crippen LogP contribution in [0.2, 0.25) is 0 Å². The summed E-state index contributed by atoms with van der Waals surface area (Å²) in [4.78, 5) is 19.6. The van der Waals surface area contributed by atoms with Gasteiger partial charge in [0.15, 0.2) is 0 Å². The van der Waals surface area contributed by atoms with Gasteiger partial charge in [0, 0.05) is 11.6 Å². The van der Waals surface area contributed by atoms with E-state index in [2.05, 4.69) is 15.3 Å². The Bertz CT molecular complexity index is 601. The van der Waals surface area contributed by atoms with Gasteiger partial charge in [-0.05, 0) is 12.1 Å². The summed E-state index contributed by atoms with van der Waals surface area (Å²) in [5.41, 5.74) is -0.206. The average Bonchev–Trinajstić information content (AvgIpc) is 2.87. The lowest BCUT2D eigenvalue weighted by atomic mass is 9.95. The van der Waals surface area contributed by atoms with Crippen molar-refractivity contribution in [2.24, 2.45) is 0 Å². The lowest BCUT2D eigenvalue weighted by Gasteiger charge is -2.18. The summed E-state index contributed by atoms with van der Waals surface area (Å²) < 4.78 is 5.20. The molecule has 106 valence electrons. The smallest absolute Gasteiger partial charge is 0.341 e. The number of hydrogen-bond acceptors (Lipinski definition) is 5. The van der Waals surface area contributed by atoms with Crippen molar-refractivity contribution in [2.45, 2.75) is 32.7 Å². The summed E-state index contributed by atoms with van der Waals surface area (Å²) >= 11 is 0. The van der Waals surface area contributed by atoms with Crippen LogP contribution in [-0.2, 0) is 12.0 Å². The highest BCUT2D eigenvalue weighted by Gasteiger charge is 2.21. The second-order valence-electron chi connectivity index (χ2n) is 5.44. The molecule has 0 amide bonds. The first-order valence-corrected chi connectivity index (χ1v) is 6.25. The highest BCUT2D eigenvalue weighted by molar-refractivity contribution is 5.92. The average molecular weight is 275 g/mol. The summed E-state index contributed by atoms with van der Waals surface area (Å²) in [6, 6.07) is 3.58. The van der Waals surface area contributed by atoms with Crippen molar-refractivity contribution >= 4 is 11.8 Å². The number of nitrogens with zero attached hydrogens (tertiary/aromatic N) is 2. The van der Waals surface area contributed by atoms with E-state index >= 15 is 0 Å². The van der Waals surface area contributed by atoms with Crippen LogP contribution < -0.4 is 5.32 Å². The van der Waals surface area contributed by atoms with E-state index in [0.29, 0.717) is 23.9 Å². The summed E-state index contributed by atoms with van der Waals surface area (Å²) in [7, 11) is 0.